The van der Waals surface area contributed by atoms with E-state index in [2.05, 4.69) is 30.6 Å². The molecular weight excluding hydrogens is 470 g/mol. The smallest absolute Gasteiger partial charge is 0.318 e. The van der Waals surface area contributed by atoms with E-state index in [1.807, 2.05) is 43.9 Å². The lowest BCUT2D eigenvalue weighted by Gasteiger charge is -2.37. The molecule has 0 saturated carbocycles. The zero-order chi connectivity index (χ0) is 24.8. The van der Waals surface area contributed by atoms with Crippen LogP contribution in [0.3, 0.4) is 0 Å². The molecule has 3 rings (SSSR count). The summed E-state index contributed by atoms with van der Waals surface area (Å²) in [5.41, 5.74) is 2.08. The molecule has 2 heterocycles. The van der Waals surface area contributed by atoms with Gasteiger partial charge in [0.2, 0.25) is 5.91 Å². The van der Waals surface area contributed by atoms with Crippen LogP contribution in [0.5, 0.6) is 5.75 Å². The number of ether oxygens (including phenoxy) is 1. The van der Waals surface area contributed by atoms with Crippen molar-refractivity contribution < 1.29 is 14.3 Å². The fourth-order valence-corrected chi connectivity index (χ4v) is 5.12. The van der Waals surface area contributed by atoms with Crippen molar-refractivity contribution in [3.63, 3.8) is 0 Å². The predicted molar refractivity (Wildman–Crippen MR) is 139 cm³/mol. The predicted octanol–water partition coefficient (Wildman–Crippen LogP) is 5.68. The van der Waals surface area contributed by atoms with E-state index in [1.165, 1.54) is 4.88 Å². The van der Waals surface area contributed by atoms with Gasteiger partial charge in [-0.1, -0.05) is 31.9 Å². The van der Waals surface area contributed by atoms with Crippen LogP contribution in [0.15, 0.2) is 29.6 Å². The number of benzene rings is 1. The lowest BCUT2D eigenvalue weighted by molar-refractivity contribution is -0.135. The van der Waals surface area contributed by atoms with Crippen LogP contribution in [-0.4, -0.2) is 54.0 Å². The Labute approximate surface area is 212 Å². The van der Waals surface area contributed by atoms with Crippen molar-refractivity contribution in [3.8, 4) is 5.75 Å². The molecule has 0 unspecified atom stereocenters. The van der Waals surface area contributed by atoms with Crippen molar-refractivity contribution in [2.45, 2.75) is 59.5 Å². The van der Waals surface area contributed by atoms with E-state index in [0.29, 0.717) is 30.6 Å². The number of halogens is 1. The van der Waals surface area contributed by atoms with Crippen molar-refractivity contribution in [3.05, 3.63) is 50.7 Å². The van der Waals surface area contributed by atoms with Crippen LogP contribution >= 0.6 is 22.9 Å². The fourth-order valence-electron chi connectivity index (χ4n) is 4.07. The largest absolute Gasteiger partial charge is 0.491 e. The first-order valence-electron chi connectivity index (χ1n) is 12.0. The van der Waals surface area contributed by atoms with Gasteiger partial charge in [-0.3, -0.25) is 4.79 Å². The maximum absolute atomic E-state index is 13.6. The Morgan fingerprint density at radius 2 is 2.06 bits per heavy atom. The third kappa shape index (κ3) is 6.66. The van der Waals surface area contributed by atoms with E-state index in [0.717, 1.165) is 29.7 Å². The Balaban J connectivity index is 1.77. The molecule has 0 saturated heterocycles. The summed E-state index contributed by atoms with van der Waals surface area (Å²) >= 11 is 7.87. The topological polar surface area (TPSA) is 61.9 Å². The minimum absolute atomic E-state index is 0.00867. The molecule has 6 nitrogen and oxygen atoms in total. The summed E-state index contributed by atoms with van der Waals surface area (Å²) in [7, 11) is 0. The number of hydrogen-bond donors (Lipinski definition) is 1. The van der Waals surface area contributed by atoms with E-state index in [-0.39, 0.29) is 30.6 Å². The summed E-state index contributed by atoms with van der Waals surface area (Å²) in [6.45, 7) is 11.6. The molecule has 186 valence electrons. The second kappa shape index (κ2) is 11.9. The quantitative estimate of drug-likeness (QED) is 0.476. The number of fused-ring (bicyclic) bond motifs is 1. The summed E-state index contributed by atoms with van der Waals surface area (Å²) < 4.78 is 6.13. The lowest BCUT2D eigenvalue weighted by atomic mass is 10.00. The number of urea groups is 1. The van der Waals surface area contributed by atoms with E-state index in [9.17, 15) is 9.59 Å². The Morgan fingerprint density at radius 3 is 2.74 bits per heavy atom. The number of rotatable bonds is 9. The van der Waals surface area contributed by atoms with Crippen molar-refractivity contribution in [2.24, 2.45) is 5.92 Å². The average molecular weight is 506 g/mol. The van der Waals surface area contributed by atoms with Gasteiger partial charge in [0.15, 0.2) is 0 Å². The summed E-state index contributed by atoms with van der Waals surface area (Å²) in [5, 5.41) is 5.71. The zero-order valence-electron chi connectivity index (χ0n) is 20.8. The molecule has 0 fully saturated rings. The first kappa shape index (κ1) is 26.4. The number of nitrogens with one attached hydrogen (secondary N) is 1. The third-order valence-electron chi connectivity index (χ3n) is 6.21. The molecule has 8 heteroatoms. The summed E-state index contributed by atoms with van der Waals surface area (Å²) in [6.07, 6.45) is 1.76. The Hall–Kier alpha value is -2.25. The highest BCUT2D eigenvalue weighted by Gasteiger charge is 2.33. The molecule has 1 aliphatic heterocycles. The van der Waals surface area contributed by atoms with Gasteiger partial charge in [-0.25, -0.2) is 4.79 Å². The summed E-state index contributed by atoms with van der Waals surface area (Å²) in [6, 6.07) is 7.29. The molecule has 1 N–H and O–H groups in total. The molecule has 3 amide bonds. The van der Waals surface area contributed by atoms with Crippen LogP contribution in [0.2, 0.25) is 5.02 Å². The number of amides is 3. The monoisotopic (exact) mass is 505 g/mol. The minimum Gasteiger partial charge on any atom is -0.491 e. The van der Waals surface area contributed by atoms with Crippen molar-refractivity contribution in [1.82, 2.24) is 15.1 Å². The van der Waals surface area contributed by atoms with Crippen LogP contribution in [0, 0.1) is 12.8 Å². The fraction of sp³-hybridized carbons (Fsp3) is 0.538. The number of aryl methyl sites for hydroxylation is 1. The highest BCUT2D eigenvalue weighted by Crippen LogP contribution is 2.34. The lowest BCUT2D eigenvalue weighted by Crippen LogP contribution is -2.51. The second-order valence-corrected chi connectivity index (χ2v) is 10.8. The van der Waals surface area contributed by atoms with Gasteiger partial charge in [0.05, 0.1) is 6.04 Å². The van der Waals surface area contributed by atoms with Crippen LogP contribution in [0.4, 0.5) is 4.79 Å². The first-order valence-corrected chi connectivity index (χ1v) is 13.2. The molecule has 1 aromatic heterocycles. The minimum atomic E-state index is -0.197. The first-order chi connectivity index (χ1) is 16.2. The highest BCUT2D eigenvalue weighted by atomic mass is 35.5. The molecule has 2 aromatic rings. The van der Waals surface area contributed by atoms with Gasteiger partial charge in [-0.15, -0.1) is 11.3 Å². The van der Waals surface area contributed by atoms with Gasteiger partial charge in [0, 0.05) is 29.0 Å². The third-order valence-corrected chi connectivity index (χ3v) is 7.63. The maximum atomic E-state index is 13.6. The van der Waals surface area contributed by atoms with E-state index >= 15 is 0 Å². The van der Waals surface area contributed by atoms with Crippen molar-refractivity contribution in [1.29, 1.82) is 0 Å². The SMILES string of the molecule is CC[C@H](C)CN(CC(=O)N1CCc2sccc2[C@H]1COc1ccc(Cl)c(C)c1)C(=O)NC(C)C. The summed E-state index contributed by atoms with van der Waals surface area (Å²) in [4.78, 5) is 31.2. The molecular formula is C26H36ClN3O3S. The summed E-state index contributed by atoms with van der Waals surface area (Å²) in [5.74, 6) is 0.981. The average Bonchev–Trinajstić information content (AvgIpc) is 3.27. The Morgan fingerprint density at radius 1 is 1.29 bits per heavy atom. The van der Waals surface area contributed by atoms with Crippen molar-refractivity contribution in [2.75, 3.05) is 26.2 Å². The number of nitrogens with zero attached hydrogens (tertiary/aromatic N) is 2. The Bertz CT molecular complexity index is 993. The standard InChI is InChI=1S/C26H36ClN3O3S/c1-6-18(4)14-29(26(32)28-17(2)3)15-25(31)30-11-9-24-21(10-12-34-24)23(30)16-33-20-7-8-22(27)19(5)13-20/h7-8,10,12-13,17-18,23H,6,9,11,14-16H2,1-5H3,(H,28,32)/t18-,23+/m0/s1. The maximum Gasteiger partial charge on any atom is 0.318 e. The number of carbonyl (C=O) groups excluding carboxylic acids is 2. The van der Waals surface area contributed by atoms with Crippen LogP contribution < -0.4 is 10.1 Å². The molecule has 0 bridgehead atoms. The van der Waals surface area contributed by atoms with Crippen LogP contribution in [0.25, 0.3) is 0 Å². The molecule has 0 spiro atoms. The molecule has 0 radical (unpaired) electrons. The molecule has 0 aliphatic carbocycles. The normalized spacial score (nSPS) is 16.2. The van der Waals surface area contributed by atoms with Gasteiger partial charge in [0.1, 0.15) is 18.9 Å². The van der Waals surface area contributed by atoms with Gasteiger partial charge >= 0.3 is 6.03 Å². The highest BCUT2D eigenvalue weighted by molar-refractivity contribution is 7.10. The van der Waals surface area contributed by atoms with E-state index < -0.39 is 0 Å². The second-order valence-electron chi connectivity index (χ2n) is 9.37. The van der Waals surface area contributed by atoms with Crippen LogP contribution in [-0.2, 0) is 11.2 Å². The Kier molecular flexibility index (Phi) is 9.25. The van der Waals surface area contributed by atoms with Gasteiger partial charge in [-0.05, 0) is 73.9 Å². The number of thiophene rings is 1. The van der Waals surface area contributed by atoms with Gasteiger partial charge < -0.3 is 19.9 Å². The molecule has 34 heavy (non-hydrogen) atoms. The number of carbonyl (C=O) groups is 2. The number of hydrogen-bond acceptors (Lipinski definition) is 4. The van der Waals surface area contributed by atoms with Gasteiger partial charge in [-0.2, -0.15) is 0 Å². The van der Waals surface area contributed by atoms with E-state index in [1.54, 1.807) is 16.2 Å². The van der Waals surface area contributed by atoms with Crippen LogP contribution in [0.1, 0.15) is 56.2 Å². The molecule has 1 aromatic carbocycles. The zero-order valence-corrected chi connectivity index (χ0v) is 22.3. The van der Waals surface area contributed by atoms with Gasteiger partial charge in [0.25, 0.3) is 0 Å². The molecule has 1 aliphatic rings. The van der Waals surface area contributed by atoms with E-state index in [4.69, 9.17) is 16.3 Å². The van der Waals surface area contributed by atoms with Crippen molar-refractivity contribution >= 4 is 34.9 Å². The molecule has 2 atom stereocenters.